The molecule has 0 bridgehead atoms. The van der Waals surface area contributed by atoms with Crippen LogP contribution in [-0.4, -0.2) is 13.1 Å². The summed E-state index contributed by atoms with van der Waals surface area (Å²) < 4.78 is 0. The van der Waals surface area contributed by atoms with Gasteiger partial charge >= 0.3 is 0 Å². The molecule has 0 heterocycles. The van der Waals surface area contributed by atoms with Gasteiger partial charge in [-0.2, -0.15) is 0 Å². The van der Waals surface area contributed by atoms with Crippen LogP contribution in [0.3, 0.4) is 0 Å². The van der Waals surface area contributed by atoms with Crippen molar-refractivity contribution in [2.45, 2.75) is 117 Å². The maximum absolute atomic E-state index is 4.81. The molecule has 0 aromatic carbocycles. The minimum atomic E-state index is 0.869. The second-order valence-corrected chi connectivity index (χ2v) is 7.11. The highest BCUT2D eigenvalue weighted by atomic mass is 14.8. The molecule has 0 aliphatic heterocycles. The van der Waals surface area contributed by atoms with Gasteiger partial charge in [-0.1, -0.05) is 97.8 Å². The van der Waals surface area contributed by atoms with Crippen molar-refractivity contribution < 1.29 is 0 Å². The fourth-order valence-electron chi connectivity index (χ4n) is 3.21. The van der Waals surface area contributed by atoms with Crippen LogP contribution >= 0.6 is 0 Å². The molecular weight excluding hydrogens is 266 g/mol. The van der Waals surface area contributed by atoms with E-state index in [-0.39, 0.29) is 0 Å². The van der Waals surface area contributed by atoms with Gasteiger partial charge in [0, 0.05) is 13.1 Å². The maximum atomic E-state index is 4.81. The third-order valence-electron chi connectivity index (χ3n) is 4.72. The van der Waals surface area contributed by atoms with Crippen LogP contribution in [0.4, 0.5) is 0 Å². The van der Waals surface area contributed by atoms with E-state index in [9.17, 15) is 0 Å². The first-order valence-corrected chi connectivity index (χ1v) is 10.5. The van der Waals surface area contributed by atoms with Gasteiger partial charge in [0.25, 0.3) is 0 Å². The zero-order chi connectivity index (χ0) is 16.3. The summed E-state index contributed by atoms with van der Waals surface area (Å²) in [6.45, 7) is 9.14. The molecule has 1 heteroatoms. The van der Waals surface area contributed by atoms with Gasteiger partial charge in [0.05, 0.1) is 0 Å². The van der Waals surface area contributed by atoms with E-state index in [0.29, 0.717) is 0 Å². The number of hydrogen-bond donors (Lipinski definition) is 0. The van der Waals surface area contributed by atoms with Gasteiger partial charge in [-0.15, -0.1) is 0 Å². The van der Waals surface area contributed by atoms with Gasteiger partial charge in [0.1, 0.15) is 0 Å². The highest BCUT2D eigenvalue weighted by Gasteiger charge is 2.06. The van der Waals surface area contributed by atoms with Crippen molar-refractivity contribution in [3.05, 3.63) is 0 Å². The summed E-state index contributed by atoms with van der Waals surface area (Å²) in [5.74, 6) is 0.869. The van der Waals surface area contributed by atoms with Crippen molar-refractivity contribution in [1.82, 2.24) is 5.32 Å². The summed E-state index contributed by atoms with van der Waals surface area (Å²) in [4.78, 5) is 0. The van der Waals surface area contributed by atoms with Crippen LogP contribution in [0.15, 0.2) is 0 Å². The van der Waals surface area contributed by atoms with Crippen LogP contribution in [0.25, 0.3) is 0 Å². The number of rotatable bonds is 18. The zero-order valence-electron chi connectivity index (χ0n) is 16.0. The first-order chi connectivity index (χ1) is 10.8. The number of unbranched alkanes of at least 4 members (excludes halogenated alkanes) is 10. The fraction of sp³-hybridized carbons (Fsp3) is 1.00. The Balaban J connectivity index is 3.23. The van der Waals surface area contributed by atoms with Crippen molar-refractivity contribution in [2.24, 2.45) is 5.92 Å². The Kier molecular flexibility index (Phi) is 19.0. The van der Waals surface area contributed by atoms with Crippen molar-refractivity contribution in [3.8, 4) is 0 Å². The lowest BCUT2D eigenvalue weighted by atomic mass is 9.97. The van der Waals surface area contributed by atoms with E-state index in [2.05, 4.69) is 20.8 Å². The molecule has 1 atom stereocenters. The quantitative estimate of drug-likeness (QED) is 0.239. The Morgan fingerprint density at radius 3 is 1.64 bits per heavy atom. The Morgan fingerprint density at radius 1 is 0.545 bits per heavy atom. The molecular formula is C21H44N. The lowest BCUT2D eigenvalue weighted by Crippen LogP contribution is -2.17. The molecule has 133 valence electrons. The van der Waals surface area contributed by atoms with E-state index in [4.69, 9.17) is 5.32 Å². The van der Waals surface area contributed by atoms with Crippen LogP contribution in [0, 0.1) is 5.92 Å². The molecule has 1 unspecified atom stereocenters. The molecule has 1 nitrogen and oxygen atoms in total. The second-order valence-electron chi connectivity index (χ2n) is 7.11. The van der Waals surface area contributed by atoms with E-state index in [0.717, 1.165) is 19.0 Å². The van der Waals surface area contributed by atoms with E-state index in [1.54, 1.807) is 0 Å². The van der Waals surface area contributed by atoms with Crippen molar-refractivity contribution in [1.29, 1.82) is 0 Å². The van der Waals surface area contributed by atoms with E-state index >= 15 is 0 Å². The Morgan fingerprint density at radius 2 is 1.09 bits per heavy atom. The SMILES string of the molecule is CCCCCCCCCCCC[N]CC(CCC)CCCC. The second kappa shape index (κ2) is 19.0. The summed E-state index contributed by atoms with van der Waals surface area (Å²) >= 11 is 0. The molecule has 0 aliphatic carbocycles. The van der Waals surface area contributed by atoms with Gasteiger partial charge < -0.3 is 0 Å². The predicted molar refractivity (Wildman–Crippen MR) is 102 cm³/mol. The van der Waals surface area contributed by atoms with Crippen molar-refractivity contribution in [2.75, 3.05) is 13.1 Å². The lowest BCUT2D eigenvalue weighted by molar-refractivity contribution is 0.395. The van der Waals surface area contributed by atoms with Gasteiger partial charge in [0.15, 0.2) is 0 Å². The van der Waals surface area contributed by atoms with E-state index in [1.165, 1.54) is 96.3 Å². The molecule has 0 aromatic rings. The molecule has 0 rings (SSSR count). The molecule has 0 aromatic heterocycles. The van der Waals surface area contributed by atoms with Gasteiger partial charge in [-0.25, -0.2) is 5.32 Å². The minimum absolute atomic E-state index is 0.869. The summed E-state index contributed by atoms with van der Waals surface area (Å²) in [7, 11) is 0. The van der Waals surface area contributed by atoms with Gasteiger partial charge in [0.2, 0.25) is 0 Å². The summed E-state index contributed by atoms with van der Waals surface area (Å²) in [6, 6.07) is 0. The molecule has 0 N–H and O–H groups in total. The first kappa shape index (κ1) is 22.0. The predicted octanol–water partition coefficient (Wildman–Crippen LogP) is 7.12. The van der Waals surface area contributed by atoms with Crippen LogP contribution < -0.4 is 5.32 Å². The molecule has 0 amide bonds. The van der Waals surface area contributed by atoms with Gasteiger partial charge in [-0.3, -0.25) is 0 Å². The van der Waals surface area contributed by atoms with E-state index < -0.39 is 0 Å². The molecule has 0 fully saturated rings. The Hall–Kier alpha value is -0.0400. The summed E-state index contributed by atoms with van der Waals surface area (Å²) in [5.41, 5.74) is 0. The molecule has 0 saturated heterocycles. The largest absolute Gasteiger partial charge is 0.242 e. The Labute approximate surface area is 142 Å². The molecule has 1 radical (unpaired) electrons. The summed E-state index contributed by atoms with van der Waals surface area (Å²) in [5, 5.41) is 4.81. The monoisotopic (exact) mass is 310 g/mol. The van der Waals surface area contributed by atoms with Crippen molar-refractivity contribution >= 4 is 0 Å². The van der Waals surface area contributed by atoms with Crippen molar-refractivity contribution in [3.63, 3.8) is 0 Å². The minimum Gasteiger partial charge on any atom is -0.242 e. The first-order valence-electron chi connectivity index (χ1n) is 10.5. The third-order valence-corrected chi connectivity index (χ3v) is 4.72. The highest BCUT2D eigenvalue weighted by Crippen LogP contribution is 2.14. The maximum Gasteiger partial charge on any atom is 0.0161 e. The molecule has 22 heavy (non-hydrogen) atoms. The van der Waals surface area contributed by atoms with Crippen LogP contribution in [0.2, 0.25) is 0 Å². The highest BCUT2D eigenvalue weighted by molar-refractivity contribution is 4.62. The zero-order valence-corrected chi connectivity index (χ0v) is 16.0. The third kappa shape index (κ3) is 16.3. The van der Waals surface area contributed by atoms with Crippen LogP contribution in [0.1, 0.15) is 117 Å². The van der Waals surface area contributed by atoms with Crippen LogP contribution in [0.5, 0.6) is 0 Å². The topological polar surface area (TPSA) is 14.1 Å². The number of hydrogen-bond acceptors (Lipinski definition) is 0. The Bertz CT molecular complexity index is 190. The van der Waals surface area contributed by atoms with E-state index in [1.807, 2.05) is 0 Å². The smallest absolute Gasteiger partial charge is 0.0161 e. The standard InChI is InChI=1S/C21H44N/c1-4-7-9-10-11-12-13-14-15-16-19-22-20-21(17-6-3)18-8-5-2/h21H,4-20H2,1-3H3. The lowest BCUT2D eigenvalue weighted by Gasteiger charge is -2.15. The molecule has 0 aliphatic rings. The average molecular weight is 311 g/mol. The fourth-order valence-corrected chi connectivity index (χ4v) is 3.21. The van der Waals surface area contributed by atoms with Crippen LogP contribution in [-0.2, 0) is 0 Å². The molecule has 0 saturated carbocycles. The average Bonchev–Trinajstić information content (AvgIpc) is 2.53. The molecule has 0 spiro atoms. The summed E-state index contributed by atoms with van der Waals surface area (Å²) in [6.07, 6.45) is 21.0. The number of nitrogens with zero attached hydrogens (tertiary/aromatic N) is 1. The normalized spacial score (nSPS) is 12.7. The van der Waals surface area contributed by atoms with Gasteiger partial charge in [-0.05, 0) is 25.2 Å².